The van der Waals surface area contributed by atoms with Gasteiger partial charge in [0.2, 0.25) is 0 Å². The van der Waals surface area contributed by atoms with Crippen molar-refractivity contribution >= 4 is 17.8 Å². The van der Waals surface area contributed by atoms with Gasteiger partial charge in [-0.05, 0) is 49.9 Å². The van der Waals surface area contributed by atoms with Gasteiger partial charge < -0.3 is 20.1 Å². The fraction of sp³-hybridized carbons (Fsp3) is 0.526. The Bertz CT molecular complexity index is 598. The second-order valence-corrected chi connectivity index (χ2v) is 6.51. The van der Waals surface area contributed by atoms with Crippen LogP contribution >= 0.6 is 0 Å². The maximum absolute atomic E-state index is 11.9. The predicted octanol–water partition coefficient (Wildman–Crippen LogP) is 1.91. The zero-order chi connectivity index (χ0) is 19.5. The summed E-state index contributed by atoms with van der Waals surface area (Å²) in [4.78, 5) is 35.3. The number of benzene rings is 1. The summed E-state index contributed by atoms with van der Waals surface area (Å²) in [5.74, 6) is -0.222. The number of methoxy groups -OCH3 is 1. The Balaban J connectivity index is 2.26. The van der Waals surface area contributed by atoms with Gasteiger partial charge in [-0.1, -0.05) is 13.8 Å². The van der Waals surface area contributed by atoms with Crippen LogP contribution < -0.4 is 15.4 Å². The monoisotopic (exact) mass is 364 g/mol. The molecule has 0 heterocycles. The Morgan fingerprint density at radius 1 is 1.04 bits per heavy atom. The lowest BCUT2D eigenvalue weighted by Gasteiger charge is -2.15. The van der Waals surface area contributed by atoms with Gasteiger partial charge in [0.15, 0.2) is 6.61 Å². The van der Waals surface area contributed by atoms with Crippen molar-refractivity contribution in [2.24, 2.45) is 5.92 Å². The number of hydrogen-bond donors (Lipinski definition) is 2. The topological polar surface area (TPSA) is 93.7 Å². The van der Waals surface area contributed by atoms with Gasteiger partial charge in [0.1, 0.15) is 12.3 Å². The second-order valence-electron chi connectivity index (χ2n) is 6.51. The molecule has 0 spiro atoms. The van der Waals surface area contributed by atoms with Crippen molar-refractivity contribution in [3.05, 3.63) is 29.8 Å². The van der Waals surface area contributed by atoms with Gasteiger partial charge in [0.25, 0.3) is 11.8 Å². The van der Waals surface area contributed by atoms with E-state index in [0.29, 0.717) is 17.2 Å². The molecule has 2 N–H and O–H groups in total. The Labute approximate surface area is 154 Å². The highest BCUT2D eigenvalue weighted by Crippen LogP contribution is 2.11. The minimum absolute atomic E-state index is 0.0263. The first kappa shape index (κ1) is 21.5. The van der Waals surface area contributed by atoms with E-state index in [4.69, 9.17) is 9.47 Å². The molecular weight excluding hydrogens is 336 g/mol. The fourth-order valence-corrected chi connectivity index (χ4v) is 2.17. The van der Waals surface area contributed by atoms with E-state index < -0.39 is 11.9 Å². The smallest absolute Gasteiger partial charge is 0.325 e. The molecule has 0 aromatic heterocycles. The van der Waals surface area contributed by atoms with Crippen LogP contribution in [0.15, 0.2) is 24.3 Å². The molecule has 7 heteroatoms. The molecule has 0 fully saturated rings. The number of nitrogens with one attached hydrogen (secondary N) is 2. The average molecular weight is 364 g/mol. The van der Waals surface area contributed by atoms with Crippen LogP contribution in [0, 0.1) is 5.92 Å². The van der Waals surface area contributed by atoms with Crippen LogP contribution in [0.25, 0.3) is 0 Å². The standard InChI is InChI=1S/C19H28N2O5/c1-13(2)5-6-14(3)21-17(22)12-26-18(23)11-20-19(24)15-7-9-16(25-4)10-8-15/h7-10,13-14H,5-6,11-12H2,1-4H3,(H,20,24)(H,21,22)/t14-/m0/s1. The van der Waals surface area contributed by atoms with Crippen molar-refractivity contribution in [1.82, 2.24) is 10.6 Å². The van der Waals surface area contributed by atoms with Crippen molar-refractivity contribution in [2.75, 3.05) is 20.3 Å². The van der Waals surface area contributed by atoms with Gasteiger partial charge >= 0.3 is 5.97 Å². The summed E-state index contributed by atoms with van der Waals surface area (Å²) < 4.78 is 9.88. The van der Waals surface area contributed by atoms with Crippen molar-refractivity contribution in [3.63, 3.8) is 0 Å². The van der Waals surface area contributed by atoms with Gasteiger partial charge in [0, 0.05) is 11.6 Å². The first-order valence-electron chi connectivity index (χ1n) is 8.69. The first-order valence-corrected chi connectivity index (χ1v) is 8.69. The Kier molecular flexibility index (Phi) is 9.19. The fourth-order valence-electron chi connectivity index (χ4n) is 2.17. The molecule has 1 atom stereocenters. The minimum atomic E-state index is -0.670. The van der Waals surface area contributed by atoms with E-state index in [1.807, 2.05) is 6.92 Å². The van der Waals surface area contributed by atoms with Crippen LogP contribution in [-0.2, 0) is 14.3 Å². The van der Waals surface area contributed by atoms with E-state index in [1.165, 1.54) is 7.11 Å². The molecule has 1 aromatic rings. The van der Waals surface area contributed by atoms with Gasteiger partial charge in [0.05, 0.1) is 7.11 Å². The van der Waals surface area contributed by atoms with Crippen molar-refractivity contribution in [1.29, 1.82) is 0 Å². The number of esters is 1. The van der Waals surface area contributed by atoms with E-state index in [1.54, 1.807) is 24.3 Å². The summed E-state index contributed by atoms with van der Waals surface area (Å²) in [6.45, 7) is 5.49. The van der Waals surface area contributed by atoms with Gasteiger partial charge in [-0.15, -0.1) is 0 Å². The van der Waals surface area contributed by atoms with E-state index in [-0.39, 0.29) is 25.1 Å². The molecule has 1 aromatic carbocycles. The molecule has 144 valence electrons. The first-order chi connectivity index (χ1) is 12.3. The zero-order valence-electron chi connectivity index (χ0n) is 15.8. The molecule has 0 aliphatic rings. The van der Waals surface area contributed by atoms with Gasteiger partial charge in [-0.2, -0.15) is 0 Å². The number of carbonyl (C=O) groups is 3. The summed E-state index contributed by atoms with van der Waals surface area (Å²) in [5.41, 5.74) is 0.398. The largest absolute Gasteiger partial charge is 0.497 e. The molecule has 0 aliphatic heterocycles. The molecule has 26 heavy (non-hydrogen) atoms. The highest BCUT2D eigenvalue weighted by atomic mass is 16.5. The van der Waals surface area contributed by atoms with Crippen LogP contribution in [0.5, 0.6) is 5.75 Å². The minimum Gasteiger partial charge on any atom is -0.497 e. The third-order valence-electron chi connectivity index (χ3n) is 3.69. The lowest BCUT2D eigenvalue weighted by atomic mass is 10.0. The van der Waals surface area contributed by atoms with Crippen molar-refractivity contribution < 1.29 is 23.9 Å². The van der Waals surface area contributed by atoms with E-state index in [9.17, 15) is 14.4 Å². The molecule has 0 radical (unpaired) electrons. The lowest BCUT2D eigenvalue weighted by molar-refractivity contribution is -0.147. The second kappa shape index (κ2) is 11.1. The number of rotatable bonds is 10. The maximum atomic E-state index is 11.9. The summed E-state index contributed by atoms with van der Waals surface area (Å²) in [6, 6.07) is 6.51. The van der Waals surface area contributed by atoms with Crippen LogP contribution in [0.1, 0.15) is 44.0 Å². The lowest BCUT2D eigenvalue weighted by Crippen LogP contribution is -2.37. The van der Waals surface area contributed by atoms with Crippen LogP contribution in [0.4, 0.5) is 0 Å². The molecular formula is C19H28N2O5. The molecule has 0 aliphatic carbocycles. The van der Waals surface area contributed by atoms with Crippen LogP contribution in [-0.4, -0.2) is 44.1 Å². The number of amides is 2. The molecule has 0 unspecified atom stereocenters. The number of hydrogen-bond acceptors (Lipinski definition) is 5. The zero-order valence-corrected chi connectivity index (χ0v) is 15.8. The Morgan fingerprint density at radius 3 is 2.27 bits per heavy atom. The third kappa shape index (κ3) is 8.50. The molecule has 0 saturated heterocycles. The van der Waals surface area contributed by atoms with Crippen LogP contribution in [0.2, 0.25) is 0 Å². The highest BCUT2D eigenvalue weighted by Gasteiger charge is 2.12. The molecule has 0 saturated carbocycles. The van der Waals surface area contributed by atoms with E-state index in [0.717, 1.165) is 12.8 Å². The van der Waals surface area contributed by atoms with Crippen molar-refractivity contribution in [2.45, 2.75) is 39.7 Å². The molecule has 0 bridgehead atoms. The SMILES string of the molecule is COc1ccc(C(=O)NCC(=O)OCC(=O)N[C@@H](C)CCC(C)C)cc1. The summed E-state index contributed by atoms with van der Waals surface area (Å²) >= 11 is 0. The summed E-state index contributed by atoms with van der Waals surface area (Å²) in [7, 11) is 1.53. The third-order valence-corrected chi connectivity index (χ3v) is 3.69. The summed E-state index contributed by atoms with van der Waals surface area (Å²) in [6.07, 6.45) is 1.88. The van der Waals surface area contributed by atoms with Crippen LogP contribution in [0.3, 0.4) is 0 Å². The van der Waals surface area contributed by atoms with Gasteiger partial charge in [-0.25, -0.2) is 0 Å². The normalized spacial score (nSPS) is 11.6. The average Bonchev–Trinajstić information content (AvgIpc) is 2.62. The summed E-state index contributed by atoms with van der Waals surface area (Å²) in [5, 5.41) is 5.22. The Morgan fingerprint density at radius 2 is 1.69 bits per heavy atom. The molecule has 1 rings (SSSR count). The quantitative estimate of drug-likeness (QED) is 0.619. The van der Waals surface area contributed by atoms with E-state index >= 15 is 0 Å². The molecule has 2 amide bonds. The molecule has 7 nitrogen and oxygen atoms in total. The highest BCUT2D eigenvalue weighted by molar-refractivity contribution is 5.96. The number of ether oxygens (including phenoxy) is 2. The Hall–Kier alpha value is -2.57. The van der Waals surface area contributed by atoms with E-state index in [2.05, 4.69) is 24.5 Å². The van der Waals surface area contributed by atoms with Gasteiger partial charge in [-0.3, -0.25) is 14.4 Å². The van der Waals surface area contributed by atoms with Crippen molar-refractivity contribution in [3.8, 4) is 5.75 Å². The number of carbonyl (C=O) groups excluding carboxylic acids is 3. The predicted molar refractivity (Wildman–Crippen MR) is 98.0 cm³/mol. The maximum Gasteiger partial charge on any atom is 0.325 e.